The molecule has 104 valence electrons. The van der Waals surface area contributed by atoms with Crippen LogP contribution in [0.2, 0.25) is 0 Å². The average Bonchev–Trinajstić information content (AvgIpc) is 2.45. The van der Waals surface area contributed by atoms with E-state index in [9.17, 15) is 4.79 Å². The maximum atomic E-state index is 11.6. The molecule has 0 fully saturated rings. The number of methoxy groups -OCH3 is 1. The number of ether oxygens (including phenoxy) is 1. The van der Waals surface area contributed by atoms with E-state index in [0.717, 1.165) is 11.3 Å². The summed E-state index contributed by atoms with van der Waals surface area (Å²) in [7, 11) is 1.34. The molecule has 0 aromatic heterocycles. The molecule has 20 heavy (non-hydrogen) atoms. The predicted molar refractivity (Wildman–Crippen MR) is 81.4 cm³/mol. The Labute approximate surface area is 118 Å². The number of nitrogens with one attached hydrogen (secondary N) is 1. The quantitative estimate of drug-likeness (QED) is 0.662. The minimum absolute atomic E-state index is 0.364. The minimum Gasteiger partial charge on any atom is -0.465 e. The Kier molecular flexibility index (Phi) is 3.94. The second kappa shape index (κ2) is 5.65. The first kappa shape index (κ1) is 13.9. The lowest BCUT2D eigenvalue weighted by Gasteiger charge is -2.14. The SMILES string of the molecule is COC(=O)c1cccc(Nc2cccc(C)c2C)c1N. The third-order valence-electron chi connectivity index (χ3n) is 3.39. The zero-order chi connectivity index (χ0) is 14.7. The number of aryl methyl sites for hydroxylation is 1. The van der Waals surface area contributed by atoms with Gasteiger partial charge in [-0.15, -0.1) is 0 Å². The van der Waals surface area contributed by atoms with E-state index >= 15 is 0 Å². The highest BCUT2D eigenvalue weighted by Gasteiger charge is 2.13. The Bertz CT molecular complexity index is 651. The number of esters is 1. The first-order chi connectivity index (χ1) is 9.54. The summed E-state index contributed by atoms with van der Waals surface area (Å²) in [6.45, 7) is 4.09. The average molecular weight is 270 g/mol. The highest BCUT2D eigenvalue weighted by molar-refractivity contribution is 5.98. The number of nitrogens with two attached hydrogens (primary N) is 1. The molecule has 2 rings (SSSR count). The van der Waals surface area contributed by atoms with Gasteiger partial charge in [0.05, 0.1) is 24.0 Å². The number of carbonyl (C=O) groups excluding carboxylic acids is 1. The molecule has 0 amide bonds. The molecule has 0 spiro atoms. The first-order valence-electron chi connectivity index (χ1n) is 6.34. The van der Waals surface area contributed by atoms with Gasteiger partial charge in [0.2, 0.25) is 0 Å². The topological polar surface area (TPSA) is 64.3 Å². The van der Waals surface area contributed by atoms with Crippen molar-refractivity contribution in [2.45, 2.75) is 13.8 Å². The van der Waals surface area contributed by atoms with E-state index in [-0.39, 0.29) is 0 Å². The molecule has 0 bridgehead atoms. The van der Waals surface area contributed by atoms with E-state index in [1.807, 2.05) is 25.1 Å². The fourth-order valence-electron chi connectivity index (χ4n) is 1.99. The van der Waals surface area contributed by atoms with Gasteiger partial charge in [0.1, 0.15) is 0 Å². The number of para-hydroxylation sites is 1. The fourth-order valence-corrected chi connectivity index (χ4v) is 1.99. The molecule has 0 aliphatic rings. The van der Waals surface area contributed by atoms with E-state index in [2.05, 4.69) is 18.3 Å². The summed E-state index contributed by atoms with van der Waals surface area (Å²) in [5.41, 5.74) is 10.8. The van der Waals surface area contributed by atoms with Crippen LogP contribution in [-0.2, 0) is 4.74 Å². The van der Waals surface area contributed by atoms with Crippen molar-refractivity contribution in [2.24, 2.45) is 0 Å². The number of nitrogen functional groups attached to an aromatic ring is 1. The third-order valence-corrected chi connectivity index (χ3v) is 3.39. The van der Waals surface area contributed by atoms with Crippen LogP contribution in [0.5, 0.6) is 0 Å². The summed E-state index contributed by atoms with van der Waals surface area (Å²) in [6, 6.07) is 11.3. The zero-order valence-electron chi connectivity index (χ0n) is 11.9. The van der Waals surface area contributed by atoms with Gasteiger partial charge in [0.25, 0.3) is 0 Å². The van der Waals surface area contributed by atoms with Gasteiger partial charge in [-0.05, 0) is 43.2 Å². The van der Waals surface area contributed by atoms with Crippen molar-refractivity contribution >= 4 is 23.0 Å². The van der Waals surface area contributed by atoms with Gasteiger partial charge in [-0.2, -0.15) is 0 Å². The summed E-state index contributed by atoms with van der Waals surface area (Å²) in [4.78, 5) is 11.6. The van der Waals surface area contributed by atoms with Gasteiger partial charge in [-0.3, -0.25) is 0 Å². The molecular formula is C16H18N2O2. The first-order valence-corrected chi connectivity index (χ1v) is 6.34. The molecular weight excluding hydrogens is 252 g/mol. The highest BCUT2D eigenvalue weighted by atomic mass is 16.5. The summed E-state index contributed by atoms with van der Waals surface area (Å²) in [5.74, 6) is -0.438. The zero-order valence-corrected chi connectivity index (χ0v) is 11.9. The summed E-state index contributed by atoms with van der Waals surface area (Å²) in [5, 5.41) is 3.27. The van der Waals surface area contributed by atoms with Crippen LogP contribution in [0.25, 0.3) is 0 Å². The Morgan fingerprint density at radius 3 is 2.45 bits per heavy atom. The van der Waals surface area contributed by atoms with Gasteiger partial charge < -0.3 is 15.8 Å². The van der Waals surface area contributed by atoms with Crippen LogP contribution in [0, 0.1) is 13.8 Å². The molecule has 0 unspecified atom stereocenters. The molecule has 2 aromatic rings. The smallest absolute Gasteiger partial charge is 0.340 e. The second-order valence-corrected chi connectivity index (χ2v) is 4.63. The van der Waals surface area contributed by atoms with Crippen molar-refractivity contribution in [3.8, 4) is 0 Å². The fraction of sp³-hybridized carbons (Fsp3) is 0.188. The molecule has 0 heterocycles. The summed E-state index contributed by atoms with van der Waals surface area (Å²) >= 11 is 0. The van der Waals surface area contributed by atoms with Crippen LogP contribution < -0.4 is 11.1 Å². The molecule has 3 N–H and O–H groups in total. The van der Waals surface area contributed by atoms with Crippen LogP contribution in [-0.4, -0.2) is 13.1 Å². The van der Waals surface area contributed by atoms with Gasteiger partial charge in [0, 0.05) is 5.69 Å². The van der Waals surface area contributed by atoms with Gasteiger partial charge in [-0.25, -0.2) is 4.79 Å². The Morgan fingerprint density at radius 2 is 1.75 bits per heavy atom. The Balaban J connectivity index is 2.39. The van der Waals surface area contributed by atoms with E-state index in [4.69, 9.17) is 10.5 Å². The lowest BCUT2D eigenvalue weighted by Crippen LogP contribution is -2.08. The second-order valence-electron chi connectivity index (χ2n) is 4.63. The van der Waals surface area contributed by atoms with Crippen molar-refractivity contribution in [1.29, 1.82) is 0 Å². The number of hydrogen-bond acceptors (Lipinski definition) is 4. The van der Waals surface area contributed by atoms with Crippen molar-refractivity contribution in [2.75, 3.05) is 18.2 Å². The van der Waals surface area contributed by atoms with Crippen LogP contribution in [0.3, 0.4) is 0 Å². The van der Waals surface area contributed by atoms with E-state index in [1.54, 1.807) is 12.1 Å². The molecule has 4 nitrogen and oxygen atoms in total. The number of carbonyl (C=O) groups is 1. The van der Waals surface area contributed by atoms with E-state index in [0.29, 0.717) is 16.9 Å². The lowest BCUT2D eigenvalue weighted by atomic mass is 10.1. The van der Waals surface area contributed by atoms with Crippen LogP contribution in [0.4, 0.5) is 17.1 Å². The normalized spacial score (nSPS) is 10.2. The maximum absolute atomic E-state index is 11.6. The summed E-state index contributed by atoms with van der Waals surface area (Å²) in [6.07, 6.45) is 0. The number of hydrogen-bond donors (Lipinski definition) is 2. The van der Waals surface area contributed by atoms with Crippen LogP contribution in [0.1, 0.15) is 21.5 Å². The number of anilines is 3. The van der Waals surface area contributed by atoms with Crippen molar-refractivity contribution in [3.63, 3.8) is 0 Å². The number of rotatable bonds is 3. The van der Waals surface area contributed by atoms with Gasteiger partial charge in [0.15, 0.2) is 0 Å². The van der Waals surface area contributed by atoms with E-state index in [1.165, 1.54) is 12.7 Å². The largest absolute Gasteiger partial charge is 0.465 e. The molecule has 4 heteroatoms. The van der Waals surface area contributed by atoms with E-state index < -0.39 is 5.97 Å². The van der Waals surface area contributed by atoms with Gasteiger partial charge in [-0.1, -0.05) is 18.2 Å². The molecule has 2 aromatic carbocycles. The maximum Gasteiger partial charge on any atom is 0.340 e. The van der Waals surface area contributed by atoms with Crippen LogP contribution >= 0.6 is 0 Å². The highest BCUT2D eigenvalue weighted by Crippen LogP contribution is 2.29. The predicted octanol–water partition coefficient (Wildman–Crippen LogP) is 3.42. The van der Waals surface area contributed by atoms with Gasteiger partial charge >= 0.3 is 5.97 Å². The standard InChI is InChI=1S/C16H18N2O2/c1-10-6-4-8-13(11(10)2)18-14-9-5-7-12(15(14)17)16(19)20-3/h4-9,18H,17H2,1-3H3. The summed E-state index contributed by atoms with van der Waals surface area (Å²) < 4.78 is 4.72. The molecule has 0 aliphatic carbocycles. The molecule has 0 atom stereocenters. The molecule has 0 saturated heterocycles. The Hall–Kier alpha value is -2.49. The van der Waals surface area contributed by atoms with Crippen LogP contribution in [0.15, 0.2) is 36.4 Å². The van der Waals surface area contributed by atoms with Crippen molar-refractivity contribution < 1.29 is 9.53 Å². The van der Waals surface area contributed by atoms with Crippen molar-refractivity contribution in [3.05, 3.63) is 53.1 Å². The monoisotopic (exact) mass is 270 g/mol. The number of benzene rings is 2. The molecule has 0 radical (unpaired) electrons. The molecule has 0 aliphatic heterocycles. The Morgan fingerprint density at radius 1 is 1.10 bits per heavy atom. The third kappa shape index (κ3) is 2.59. The molecule has 0 saturated carbocycles. The lowest BCUT2D eigenvalue weighted by molar-refractivity contribution is 0.0602. The van der Waals surface area contributed by atoms with Crippen molar-refractivity contribution in [1.82, 2.24) is 0 Å². The minimum atomic E-state index is -0.438.